The van der Waals surface area contributed by atoms with Crippen molar-refractivity contribution < 1.29 is 14.1 Å². The van der Waals surface area contributed by atoms with Crippen LogP contribution in [0.5, 0.6) is 0 Å². The van der Waals surface area contributed by atoms with Gasteiger partial charge in [0.25, 0.3) is 11.6 Å². The Morgan fingerprint density at radius 2 is 2.03 bits per heavy atom. The van der Waals surface area contributed by atoms with Crippen molar-refractivity contribution in [2.45, 2.75) is 19.4 Å². The van der Waals surface area contributed by atoms with Crippen molar-refractivity contribution in [3.8, 4) is 0 Å². The fourth-order valence-electron chi connectivity index (χ4n) is 3.35. The van der Waals surface area contributed by atoms with Crippen LogP contribution < -0.4 is 5.32 Å². The van der Waals surface area contributed by atoms with Gasteiger partial charge in [-0.2, -0.15) is 5.10 Å². The van der Waals surface area contributed by atoms with E-state index in [0.717, 1.165) is 16.8 Å². The quantitative estimate of drug-likeness (QED) is 0.488. The van der Waals surface area contributed by atoms with E-state index in [9.17, 15) is 14.9 Å². The third-order valence-corrected chi connectivity index (χ3v) is 4.92. The van der Waals surface area contributed by atoms with Gasteiger partial charge in [0.05, 0.1) is 23.4 Å². The Kier molecular flexibility index (Phi) is 5.30. The minimum absolute atomic E-state index is 0.0400. The number of nitrogens with one attached hydrogen (secondary N) is 1. The monoisotopic (exact) mass is 404 g/mol. The van der Waals surface area contributed by atoms with E-state index in [1.165, 1.54) is 17.1 Å². The molecule has 3 aromatic rings. The molecule has 0 spiro atoms. The van der Waals surface area contributed by atoms with Crippen LogP contribution in [-0.2, 0) is 4.79 Å². The first-order valence-corrected chi connectivity index (χ1v) is 9.49. The number of nitro groups is 1. The Hall–Kier alpha value is -3.94. The van der Waals surface area contributed by atoms with Gasteiger partial charge in [0.2, 0.25) is 0 Å². The molecule has 0 radical (unpaired) electrons. The van der Waals surface area contributed by atoms with Gasteiger partial charge in [-0.05, 0) is 30.7 Å². The largest absolute Gasteiger partial charge is 0.467 e. The molecular weight excluding hydrogens is 384 g/mol. The normalized spacial score (nSPS) is 15.7. The van der Waals surface area contributed by atoms with Crippen molar-refractivity contribution >= 4 is 23.0 Å². The van der Waals surface area contributed by atoms with Gasteiger partial charge in [-0.3, -0.25) is 14.9 Å². The second-order valence-corrected chi connectivity index (χ2v) is 7.05. The third kappa shape index (κ3) is 4.07. The van der Waals surface area contributed by atoms with Gasteiger partial charge >= 0.3 is 0 Å². The number of furan rings is 1. The van der Waals surface area contributed by atoms with Crippen LogP contribution in [0.2, 0.25) is 0 Å². The Morgan fingerprint density at radius 3 is 2.73 bits per heavy atom. The van der Waals surface area contributed by atoms with Crippen LogP contribution >= 0.6 is 0 Å². The lowest BCUT2D eigenvalue weighted by atomic mass is 10.0. The summed E-state index contributed by atoms with van der Waals surface area (Å²) in [7, 11) is 0. The highest BCUT2D eigenvalue weighted by molar-refractivity contribution is 6.03. The molecule has 0 saturated heterocycles. The summed E-state index contributed by atoms with van der Waals surface area (Å²) in [6.45, 7) is 1.96. The Balaban J connectivity index is 1.54. The highest BCUT2D eigenvalue weighted by Gasteiger charge is 2.34. The molecule has 1 aliphatic heterocycles. The van der Waals surface area contributed by atoms with Gasteiger partial charge in [0.15, 0.2) is 0 Å². The number of non-ortho nitro benzene ring substituents is 1. The van der Waals surface area contributed by atoms with Gasteiger partial charge in [-0.25, -0.2) is 5.01 Å². The smallest absolute Gasteiger partial charge is 0.271 e. The van der Waals surface area contributed by atoms with Gasteiger partial charge in [0.1, 0.15) is 11.8 Å². The van der Waals surface area contributed by atoms with Crippen LogP contribution in [0.25, 0.3) is 0 Å². The summed E-state index contributed by atoms with van der Waals surface area (Å²) in [5.74, 6) is 0.398. The number of carbonyl (C=O) groups is 1. The zero-order valence-electron chi connectivity index (χ0n) is 16.3. The van der Waals surface area contributed by atoms with Crippen LogP contribution in [0.15, 0.2) is 76.4 Å². The lowest BCUT2D eigenvalue weighted by Gasteiger charge is -2.20. The maximum atomic E-state index is 13.0. The lowest BCUT2D eigenvalue weighted by Crippen LogP contribution is -2.32. The number of nitro benzene ring substituents is 1. The Bertz CT molecular complexity index is 1090. The summed E-state index contributed by atoms with van der Waals surface area (Å²) in [5.41, 5.74) is 3.36. The molecule has 30 heavy (non-hydrogen) atoms. The molecule has 4 rings (SSSR count). The van der Waals surface area contributed by atoms with E-state index in [1.807, 2.05) is 37.3 Å². The number of nitrogens with zero attached hydrogens (tertiary/aromatic N) is 3. The Labute approximate surface area is 173 Å². The first-order valence-electron chi connectivity index (χ1n) is 9.49. The minimum atomic E-state index is -0.474. The zero-order chi connectivity index (χ0) is 21.1. The van der Waals surface area contributed by atoms with Crippen molar-refractivity contribution in [2.75, 3.05) is 11.9 Å². The fraction of sp³-hybridized carbons (Fsp3) is 0.182. The molecule has 152 valence electrons. The predicted octanol–water partition coefficient (Wildman–Crippen LogP) is 4.29. The highest BCUT2D eigenvalue weighted by Crippen LogP contribution is 2.33. The van der Waals surface area contributed by atoms with Crippen molar-refractivity contribution in [3.05, 3.63) is 93.9 Å². The average Bonchev–Trinajstić information content (AvgIpc) is 3.42. The molecule has 8 heteroatoms. The summed E-state index contributed by atoms with van der Waals surface area (Å²) >= 11 is 0. The van der Waals surface area contributed by atoms with Gasteiger partial charge in [0, 0.05) is 24.2 Å². The van der Waals surface area contributed by atoms with E-state index in [0.29, 0.717) is 17.9 Å². The zero-order valence-corrected chi connectivity index (χ0v) is 16.3. The molecular formula is C22H20N4O4. The number of rotatable bonds is 6. The molecule has 0 aliphatic carbocycles. The van der Waals surface area contributed by atoms with Gasteiger partial charge in [-0.15, -0.1) is 0 Å². The minimum Gasteiger partial charge on any atom is -0.467 e. The number of amides is 1. The van der Waals surface area contributed by atoms with Gasteiger partial charge in [-0.1, -0.05) is 35.9 Å². The molecule has 1 N–H and O–H groups in total. The number of anilines is 1. The first kappa shape index (κ1) is 19.4. The van der Waals surface area contributed by atoms with Crippen molar-refractivity contribution in [1.82, 2.24) is 5.01 Å². The second-order valence-electron chi connectivity index (χ2n) is 7.05. The van der Waals surface area contributed by atoms with Crippen LogP contribution in [0.4, 0.5) is 11.4 Å². The van der Waals surface area contributed by atoms with Crippen molar-refractivity contribution in [1.29, 1.82) is 0 Å². The standard InChI is InChI=1S/C22H20N4O4/c1-15-7-9-16(10-8-15)19-13-20(21-6-3-11-30-21)25(24-19)22(27)14-23-17-4-2-5-18(12-17)26(28)29/h2-12,20,23H,13-14H2,1H3. The maximum Gasteiger partial charge on any atom is 0.271 e. The van der Waals surface area contributed by atoms with Crippen LogP contribution in [0.1, 0.15) is 29.3 Å². The van der Waals surface area contributed by atoms with E-state index in [4.69, 9.17) is 4.42 Å². The molecule has 0 bridgehead atoms. The van der Waals surface area contributed by atoms with Crippen LogP contribution in [-0.4, -0.2) is 28.1 Å². The number of aryl methyl sites for hydroxylation is 1. The number of benzene rings is 2. The summed E-state index contributed by atoms with van der Waals surface area (Å²) in [6, 6.07) is 17.3. The Morgan fingerprint density at radius 1 is 1.23 bits per heavy atom. The van der Waals surface area contributed by atoms with E-state index < -0.39 is 4.92 Å². The van der Waals surface area contributed by atoms with E-state index in [1.54, 1.807) is 24.5 Å². The van der Waals surface area contributed by atoms with E-state index >= 15 is 0 Å². The topological polar surface area (TPSA) is 101 Å². The van der Waals surface area contributed by atoms with Crippen LogP contribution in [0.3, 0.4) is 0 Å². The predicted molar refractivity (Wildman–Crippen MR) is 112 cm³/mol. The summed E-state index contributed by atoms with van der Waals surface area (Å²) in [5, 5.41) is 19.9. The van der Waals surface area contributed by atoms with Crippen molar-refractivity contribution in [2.24, 2.45) is 5.10 Å². The summed E-state index contributed by atoms with van der Waals surface area (Å²) < 4.78 is 5.54. The molecule has 1 aliphatic rings. The third-order valence-electron chi connectivity index (χ3n) is 4.92. The number of hydrazone groups is 1. The highest BCUT2D eigenvalue weighted by atomic mass is 16.6. The molecule has 2 aromatic carbocycles. The van der Waals surface area contributed by atoms with Gasteiger partial charge < -0.3 is 9.73 Å². The van der Waals surface area contributed by atoms with Crippen LogP contribution in [0, 0.1) is 17.0 Å². The molecule has 1 amide bonds. The molecule has 0 fully saturated rings. The molecule has 1 unspecified atom stereocenters. The van der Waals surface area contributed by atoms with Crippen molar-refractivity contribution in [3.63, 3.8) is 0 Å². The van der Waals surface area contributed by atoms with E-state index in [-0.39, 0.29) is 24.2 Å². The second kappa shape index (κ2) is 8.20. The molecule has 2 heterocycles. The SMILES string of the molecule is Cc1ccc(C2=NN(C(=O)CNc3cccc([N+](=O)[O-])c3)C(c3ccco3)C2)cc1. The van der Waals surface area contributed by atoms with E-state index in [2.05, 4.69) is 10.4 Å². The fourth-order valence-corrected chi connectivity index (χ4v) is 3.35. The molecule has 1 atom stereocenters. The number of carbonyl (C=O) groups excluding carboxylic acids is 1. The summed E-state index contributed by atoms with van der Waals surface area (Å²) in [4.78, 5) is 23.4. The molecule has 8 nitrogen and oxygen atoms in total. The lowest BCUT2D eigenvalue weighted by molar-refractivity contribution is -0.384. The average molecular weight is 404 g/mol. The molecule has 0 saturated carbocycles. The number of hydrogen-bond acceptors (Lipinski definition) is 6. The first-order chi connectivity index (χ1) is 14.5. The number of hydrogen-bond donors (Lipinski definition) is 1. The molecule has 1 aromatic heterocycles. The maximum absolute atomic E-state index is 13.0. The summed E-state index contributed by atoms with van der Waals surface area (Å²) in [6.07, 6.45) is 2.11.